The maximum Gasteiger partial charge on any atom is 0.320 e. The molecule has 0 aliphatic carbocycles. The van der Waals surface area contributed by atoms with Gasteiger partial charge in [0.2, 0.25) is 5.95 Å². The van der Waals surface area contributed by atoms with Gasteiger partial charge in [-0.3, -0.25) is 14.9 Å². The van der Waals surface area contributed by atoms with Crippen molar-refractivity contribution in [3.8, 4) is 11.5 Å². The number of aromatic nitrogens is 5. The number of imidazole rings is 1. The average Bonchev–Trinajstić information content (AvgIpc) is 3.39. The van der Waals surface area contributed by atoms with Crippen LogP contribution in [0.2, 0.25) is 0 Å². The number of nitrogens with one attached hydrogen (secondary N) is 3. The molecule has 31 heavy (non-hydrogen) atoms. The highest BCUT2D eigenvalue weighted by Gasteiger charge is 2.24. The maximum absolute atomic E-state index is 14.7. The summed E-state index contributed by atoms with van der Waals surface area (Å²) < 4.78 is 16.5. The predicted molar refractivity (Wildman–Crippen MR) is 115 cm³/mol. The second-order valence-electron chi connectivity index (χ2n) is 7.69. The molecule has 4 heterocycles. The van der Waals surface area contributed by atoms with Crippen LogP contribution < -0.4 is 10.6 Å². The summed E-state index contributed by atoms with van der Waals surface area (Å²) in [7, 11) is 1.87. The number of halogens is 1. The molecule has 10 heteroatoms. The number of amides is 2. The van der Waals surface area contributed by atoms with Gasteiger partial charge in [-0.2, -0.15) is 9.49 Å². The van der Waals surface area contributed by atoms with Gasteiger partial charge in [0.15, 0.2) is 11.6 Å². The topological polar surface area (TPSA) is 104 Å². The summed E-state index contributed by atoms with van der Waals surface area (Å²) >= 11 is 0. The molecule has 0 spiro atoms. The predicted octanol–water partition coefficient (Wildman–Crippen LogP) is 2.87. The molecule has 1 aliphatic heterocycles. The Bertz CT molecular complexity index is 1020. The van der Waals surface area contributed by atoms with E-state index in [0.717, 1.165) is 38.2 Å². The summed E-state index contributed by atoms with van der Waals surface area (Å²) in [4.78, 5) is 25.2. The Balaban J connectivity index is 1.34. The number of rotatable bonds is 6. The van der Waals surface area contributed by atoms with Gasteiger partial charge in [0, 0.05) is 44.2 Å². The van der Waals surface area contributed by atoms with Crippen molar-refractivity contribution in [2.24, 2.45) is 7.05 Å². The zero-order valence-electron chi connectivity index (χ0n) is 17.7. The molecule has 3 aromatic heterocycles. The van der Waals surface area contributed by atoms with Gasteiger partial charge in [-0.05, 0) is 44.8 Å². The number of carbonyl (C=O) groups is 1. The summed E-state index contributed by atoms with van der Waals surface area (Å²) in [5.41, 5.74) is 2.20. The van der Waals surface area contributed by atoms with Crippen LogP contribution in [-0.4, -0.2) is 55.3 Å². The molecule has 0 saturated carbocycles. The van der Waals surface area contributed by atoms with E-state index in [4.69, 9.17) is 0 Å². The highest BCUT2D eigenvalue weighted by molar-refractivity contribution is 5.88. The number of piperidine rings is 1. The number of hydrogen-bond donors (Lipinski definition) is 3. The van der Waals surface area contributed by atoms with Crippen molar-refractivity contribution >= 4 is 11.8 Å². The van der Waals surface area contributed by atoms with Crippen LogP contribution >= 0.6 is 0 Å². The number of urea groups is 1. The summed E-state index contributed by atoms with van der Waals surface area (Å²) in [6.07, 6.45) is 5.04. The van der Waals surface area contributed by atoms with Crippen molar-refractivity contribution in [2.75, 3.05) is 25.0 Å². The Kier molecular flexibility index (Phi) is 6.26. The van der Waals surface area contributed by atoms with E-state index >= 15 is 0 Å². The molecule has 3 N–H and O–H groups in total. The molecule has 2 amide bonds. The molecule has 1 aliphatic rings. The average molecular weight is 427 g/mol. The van der Waals surface area contributed by atoms with Gasteiger partial charge in [-0.1, -0.05) is 6.07 Å². The van der Waals surface area contributed by atoms with Crippen molar-refractivity contribution in [1.82, 2.24) is 34.9 Å². The fourth-order valence-corrected chi connectivity index (χ4v) is 3.95. The number of pyridine rings is 1. The summed E-state index contributed by atoms with van der Waals surface area (Å²) in [6.45, 7) is 4.86. The first kappa shape index (κ1) is 21.0. The number of aryl methyl sites for hydroxylation is 1. The molecule has 0 bridgehead atoms. The van der Waals surface area contributed by atoms with Crippen LogP contribution in [0.25, 0.3) is 11.5 Å². The Morgan fingerprint density at radius 3 is 2.81 bits per heavy atom. The summed E-state index contributed by atoms with van der Waals surface area (Å²) in [5.74, 6) is 0.830. The smallest absolute Gasteiger partial charge is 0.320 e. The Morgan fingerprint density at radius 2 is 2.13 bits per heavy atom. The second-order valence-corrected chi connectivity index (χ2v) is 7.69. The molecule has 9 nitrogen and oxygen atoms in total. The van der Waals surface area contributed by atoms with Crippen LogP contribution in [0.15, 0.2) is 30.6 Å². The minimum atomic E-state index is -0.417. The zero-order chi connectivity index (χ0) is 21.8. The van der Waals surface area contributed by atoms with E-state index < -0.39 is 5.95 Å². The van der Waals surface area contributed by atoms with Gasteiger partial charge in [0.25, 0.3) is 0 Å². The Hall–Kier alpha value is -3.27. The van der Waals surface area contributed by atoms with Crippen LogP contribution in [0.3, 0.4) is 0 Å². The number of nitrogens with zero attached hydrogens (tertiary/aromatic N) is 5. The first-order valence-corrected chi connectivity index (χ1v) is 10.5. The lowest BCUT2D eigenvalue weighted by atomic mass is 9.90. The molecule has 4 rings (SSSR count). The molecule has 1 fully saturated rings. The fraction of sp³-hybridized carbons (Fsp3) is 0.429. The first-order valence-electron chi connectivity index (χ1n) is 10.5. The van der Waals surface area contributed by atoms with Crippen molar-refractivity contribution in [3.63, 3.8) is 0 Å². The highest BCUT2D eigenvalue weighted by Crippen LogP contribution is 2.31. The number of H-pyrrole nitrogens is 1. The fourth-order valence-electron chi connectivity index (χ4n) is 3.95. The molecule has 0 aromatic carbocycles. The van der Waals surface area contributed by atoms with Gasteiger partial charge in [-0.15, -0.1) is 0 Å². The van der Waals surface area contributed by atoms with E-state index in [1.54, 1.807) is 17.1 Å². The van der Waals surface area contributed by atoms with Crippen LogP contribution in [0.4, 0.5) is 15.0 Å². The first-order chi connectivity index (χ1) is 15.0. The third kappa shape index (κ3) is 4.91. The van der Waals surface area contributed by atoms with Gasteiger partial charge in [0.05, 0.1) is 5.69 Å². The van der Waals surface area contributed by atoms with Crippen molar-refractivity contribution in [3.05, 3.63) is 47.8 Å². The summed E-state index contributed by atoms with van der Waals surface area (Å²) in [5, 5.41) is 9.78. The van der Waals surface area contributed by atoms with Crippen molar-refractivity contribution < 1.29 is 9.18 Å². The van der Waals surface area contributed by atoms with E-state index in [1.165, 1.54) is 0 Å². The minimum Gasteiger partial charge on any atom is -0.343 e. The Morgan fingerprint density at radius 1 is 1.32 bits per heavy atom. The standard InChI is InChI=1S/C21H27FN8O/c1-3-23-21(31)27-18-12-15(29(2)28-18)13-30-10-6-14(7-11-30)16-4-5-17(26-19(16)22)20-24-8-9-25-20/h4-5,8-9,12,14H,3,6-7,10-11,13H2,1-2H3,(H,24,25)(H2,23,27,28,31). The van der Waals surface area contributed by atoms with E-state index in [9.17, 15) is 9.18 Å². The van der Waals surface area contributed by atoms with E-state index in [0.29, 0.717) is 29.4 Å². The van der Waals surface area contributed by atoms with Gasteiger partial charge >= 0.3 is 6.03 Å². The second kappa shape index (κ2) is 9.25. The van der Waals surface area contributed by atoms with Crippen LogP contribution in [0.1, 0.15) is 36.9 Å². The number of likely N-dealkylation sites (tertiary alicyclic amines) is 1. The van der Waals surface area contributed by atoms with E-state index in [2.05, 4.69) is 35.6 Å². The third-order valence-corrected chi connectivity index (χ3v) is 5.59. The van der Waals surface area contributed by atoms with Crippen LogP contribution in [0, 0.1) is 5.95 Å². The van der Waals surface area contributed by atoms with Crippen LogP contribution in [0.5, 0.6) is 0 Å². The molecule has 0 atom stereocenters. The van der Waals surface area contributed by atoms with Crippen LogP contribution in [-0.2, 0) is 13.6 Å². The monoisotopic (exact) mass is 426 g/mol. The van der Waals surface area contributed by atoms with Crippen molar-refractivity contribution in [1.29, 1.82) is 0 Å². The SMILES string of the molecule is CCNC(=O)Nc1cc(CN2CCC(c3ccc(-c4ncc[nH]4)nc3F)CC2)n(C)n1. The van der Waals surface area contributed by atoms with Gasteiger partial charge in [-0.25, -0.2) is 14.8 Å². The normalized spacial score (nSPS) is 15.2. The van der Waals surface area contributed by atoms with Gasteiger partial charge in [0.1, 0.15) is 5.69 Å². The van der Waals surface area contributed by atoms with E-state index in [1.807, 2.05) is 32.2 Å². The molecule has 0 unspecified atom stereocenters. The molecular weight excluding hydrogens is 399 g/mol. The lowest BCUT2D eigenvalue weighted by molar-refractivity contribution is 0.198. The number of anilines is 1. The lowest BCUT2D eigenvalue weighted by Gasteiger charge is -2.32. The van der Waals surface area contributed by atoms with Gasteiger partial charge < -0.3 is 10.3 Å². The summed E-state index contributed by atoms with van der Waals surface area (Å²) in [6, 6.07) is 5.28. The molecule has 164 valence electrons. The molecule has 1 saturated heterocycles. The van der Waals surface area contributed by atoms with Crippen molar-refractivity contribution in [2.45, 2.75) is 32.2 Å². The Labute approximate surface area is 180 Å². The molecule has 0 radical (unpaired) electrons. The quantitative estimate of drug-likeness (QED) is 0.526. The van der Waals surface area contributed by atoms with E-state index in [-0.39, 0.29) is 11.9 Å². The number of aromatic amines is 1. The highest BCUT2D eigenvalue weighted by atomic mass is 19.1. The maximum atomic E-state index is 14.7. The zero-order valence-corrected chi connectivity index (χ0v) is 17.7. The molecule has 3 aromatic rings. The molecular formula is C21H27FN8O. The third-order valence-electron chi connectivity index (χ3n) is 5.59. The largest absolute Gasteiger partial charge is 0.343 e. The minimum absolute atomic E-state index is 0.149. The number of hydrogen-bond acceptors (Lipinski definition) is 5. The number of carbonyl (C=O) groups excluding carboxylic acids is 1. The lowest BCUT2D eigenvalue weighted by Crippen LogP contribution is -2.33.